The Morgan fingerprint density at radius 1 is 0.857 bits per heavy atom. The summed E-state index contributed by atoms with van der Waals surface area (Å²) in [5.74, 6) is -0.395. The van der Waals surface area contributed by atoms with Crippen LogP contribution in [0, 0.1) is 0 Å². The lowest BCUT2D eigenvalue weighted by atomic mass is 10.1. The Bertz CT molecular complexity index is 837. The van der Waals surface area contributed by atoms with E-state index in [1.165, 1.54) is 25.3 Å². The van der Waals surface area contributed by atoms with Gasteiger partial charge >= 0.3 is 6.61 Å². The maximum atomic E-state index is 12.7. The number of benzene rings is 2. The molecular formula is C20H20F2N2O4. The molecule has 0 N–H and O–H groups in total. The van der Waals surface area contributed by atoms with Crippen molar-refractivity contribution in [2.24, 2.45) is 0 Å². The van der Waals surface area contributed by atoms with Crippen LogP contribution in [0.25, 0.3) is 0 Å². The molecule has 2 aromatic carbocycles. The molecule has 148 valence electrons. The summed E-state index contributed by atoms with van der Waals surface area (Å²) in [4.78, 5) is 28.5. The Balaban J connectivity index is 1.64. The first-order valence-corrected chi connectivity index (χ1v) is 8.76. The van der Waals surface area contributed by atoms with Crippen molar-refractivity contribution in [1.82, 2.24) is 9.80 Å². The molecule has 3 rings (SSSR count). The summed E-state index contributed by atoms with van der Waals surface area (Å²) in [6.45, 7) is -1.37. The van der Waals surface area contributed by atoms with Crippen LogP contribution in [0.1, 0.15) is 20.7 Å². The number of methoxy groups -OCH3 is 1. The second-order valence-electron chi connectivity index (χ2n) is 6.19. The van der Waals surface area contributed by atoms with Crippen LogP contribution in [0.4, 0.5) is 8.78 Å². The van der Waals surface area contributed by atoms with Gasteiger partial charge in [-0.2, -0.15) is 8.78 Å². The monoisotopic (exact) mass is 390 g/mol. The summed E-state index contributed by atoms with van der Waals surface area (Å²) in [5.41, 5.74) is 0.919. The number of amides is 2. The molecule has 1 aliphatic heterocycles. The molecule has 2 aromatic rings. The van der Waals surface area contributed by atoms with E-state index in [0.29, 0.717) is 37.3 Å². The normalized spacial score (nSPS) is 14.1. The quantitative estimate of drug-likeness (QED) is 0.788. The van der Waals surface area contributed by atoms with Gasteiger partial charge in [-0.3, -0.25) is 9.59 Å². The minimum atomic E-state index is -2.98. The smallest absolute Gasteiger partial charge is 0.387 e. The van der Waals surface area contributed by atoms with Crippen LogP contribution in [0.3, 0.4) is 0 Å². The van der Waals surface area contributed by atoms with Crippen LogP contribution < -0.4 is 9.47 Å². The topological polar surface area (TPSA) is 59.1 Å². The van der Waals surface area contributed by atoms with E-state index < -0.39 is 6.61 Å². The third-order valence-corrected chi connectivity index (χ3v) is 4.50. The van der Waals surface area contributed by atoms with Gasteiger partial charge in [0.05, 0.1) is 7.11 Å². The number of hydrogen-bond donors (Lipinski definition) is 0. The molecule has 0 aromatic heterocycles. The van der Waals surface area contributed by atoms with E-state index in [4.69, 9.17) is 4.74 Å². The molecule has 0 unspecified atom stereocenters. The molecule has 1 heterocycles. The maximum absolute atomic E-state index is 12.7. The predicted octanol–water partition coefficient (Wildman–Crippen LogP) is 2.89. The van der Waals surface area contributed by atoms with Crippen molar-refractivity contribution >= 4 is 11.8 Å². The van der Waals surface area contributed by atoms with Crippen LogP contribution in [0.2, 0.25) is 0 Å². The van der Waals surface area contributed by atoms with Gasteiger partial charge in [-0.1, -0.05) is 18.2 Å². The first kappa shape index (κ1) is 19.6. The molecule has 1 saturated heterocycles. The Hall–Kier alpha value is -3.16. The van der Waals surface area contributed by atoms with E-state index in [1.807, 2.05) is 18.2 Å². The summed E-state index contributed by atoms with van der Waals surface area (Å²) in [7, 11) is 1.32. The third kappa shape index (κ3) is 4.39. The second kappa shape index (κ2) is 8.69. The van der Waals surface area contributed by atoms with Crippen LogP contribution in [0.5, 0.6) is 11.5 Å². The molecule has 28 heavy (non-hydrogen) atoms. The van der Waals surface area contributed by atoms with Gasteiger partial charge in [0.15, 0.2) is 11.5 Å². The van der Waals surface area contributed by atoms with Gasteiger partial charge in [0, 0.05) is 37.3 Å². The van der Waals surface area contributed by atoms with Crippen LogP contribution in [-0.4, -0.2) is 61.5 Å². The van der Waals surface area contributed by atoms with Crippen molar-refractivity contribution in [3.63, 3.8) is 0 Å². The number of halogens is 2. The highest BCUT2D eigenvalue weighted by Crippen LogP contribution is 2.30. The Labute approximate surface area is 161 Å². The summed E-state index contributed by atoms with van der Waals surface area (Å²) >= 11 is 0. The van der Waals surface area contributed by atoms with Crippen molar-refractivity contribution in [3.05, 3.63) is 59.7 Å². The van der Waals surface area contributed by atoms with Gasteiger partial charge in [0.2, 0.25) is 0 Å². The van der Waals surface area contributed by atoms with Crippen molar-refractivity contribution < 1.29 is 27.8 Å². The SMILES string of the molecule is COc1cc(C(=O)N2CCN(C(=O)c3ccccc3)CC2)ccc1OC(F)F. The zero-order valence-electron chi connectivity index (χ0n) is 15.3. The predicted molar refractivity (Wildman–Crippen MR) is 97.9 cm³/mol. The van der Waals surface area contributed by atoms with Crippen molar-refractivity contribution in [1.29, 1.82) is 0 Å². The van der Waals surface area contributed by atoms with Gasteiger partial charge in [0.1, 0.15) is 0 Å². The number of alkyl halides is 2. The van der Waals surface area contributed by atoms with Gasteiger partial charge in [-0.15, -0.1) is 0 Å². The van der Waals surface area contributed by atoms with E-state index in [-0.39, 0.29) is 23.3 Å². The van der Waals surface area contributed by atoms with Gasteiger partial charge < -0.3 is 19.3 Å². The van der Waals surface area contributed by atoms with Gasteiger partial charge in [-0.05, 0) is 30.3 Å². The molecule has 0 atom stereocenters. The van der Waals surface area contributed by atoms with Gasteiger partial charge in [-0.25, -0.2) is 0 Å². The first-order chi connectivity index (χ1) is 13.5. The number of carbonyl (C=O) groups excluding carboxylic acids is 2. The number of hydrogen-bond acceptors (Lipinski definition) is 4. The van der Waals surface area contributed by atoms with Crippen LogP contribution in [-0.2, 0) is 0 Å². The number of piperazine rings is 1. The van der Waals surface area contributed by atoms with Gasteiger partial charge in [0.25, 0.3) is 11.8 Å². The summed E-state index contributed by atoms with van der Waals surface area (Å²) in [5, 5.41) is 0. The molecule has 1 fully saturated rings. The van der Waals surface area contributed by atoms with Crippen LogP contribution in [0.15, 0.2) is 48.5 Å². The van der Waals surface area contributed by atoms with E-state index in [0.717, 1.165) is 0 Å². The molecule has 8 heteroatoms. The summed E-state index contributed by atoms with van der Waals surface area (Å²) in [6.07, 6.45) is 0. The van der Waals surface area contributed by atoms with Crippen molar-refractivity contribution in [2.45, 2.75) is 6.61 Å². The highest BCUT2D eigenvalue weighted by molar-refractivity contribution is 5.96. The van der Waals surface area contributed by atoms with E-state index in [2.05, 4.69) is 4.74 Å². The zero-order valence-corrected chi connectivity index (χ0v) is 15.3. The number of rotatable bonds is 5. The highest BCUT2D eigenvalue weighted by atomic mass is 19.3. The highest BCUT2D eigenvalue weighted by Gasteiger charge is 2.26. The lowest BCUT2D eigenvalue weighted by molar-refractivity contribution is -0.0512. The second-order valence-corrected chi connectivity index (χ2v) is 6.19. The average Bonchev–Trinajstić information content (AvgIpc) is 2.73. The fourth-order valence-corrected chi connectivity index (χ4v) is 3.05. The average molecular weight is 390 g/mol. The molecule has 0 bridgehead atoms. The lowest BCUT2D eigenvalue weighted by Gasteiger charge is -2.35. The fraction of sp³-hybridized carbons (Fsp3) is 0.300. The third-order valence-electron chi connectivity index (χ3n) is 4.50. The van der Waals surface area contributed by atoms with E-state index in [9.17, 15) is 18.4 Å². The van der Waals surface area contributed by atoms with Crippen molar-refractivity contribution in [2.75, 3.05) is 33.3 Å². The lowest BCUT2D eigenvalue weighted by Crippen LogP contribution is -2.50. The zero-order chi connectivity index (χ0) is 20.1. The fourth-order valence-electron chi connectivity index (χ4n) is 3.05. The summed E-state index contributed by atoms with van der Waals surface area (Å²) < 4.78 is 34.3. The van der Waals surface area contributed by atoms with Crippen LogP contribution >= 0.6 is 0 Å². The molecule has 0 saturated carbocycles. The summed E-state index contributed by atoms with van der Waals surface area (Å²) in [6, 6.07) is 13.1. The Morgan fingerprint density at radius 3 is 1.96 bits per heavy atom. The molecule has 2 amide bonds. The molecule has 6 nitrogen and oxygen atoms in total. The minimum absolute atomic E-state index is 0.0593. The number of nitrogens with zero attached hydrogens (tertiary/aromatic N) is 2. The standard InChI is InChI=1S/C20H20F2N2O4/c1-27-17-13-15(7-8-16(17)28-20(21)22)19(26)24-11-9-23(10-12-24)18(25)14-5-3-2-4-6-14/h2-8,13,20H,9-12H2,1H3. The van der Waals surface area contributed by atoms with E-state index >= 15 is 0 Å². The molecule has 0 radical (unpaired) electrons. The largest absolute Gasteiger partial charge is 0.493 e. The molecular weight excluding hydrogens is 370 g/mol. The number of carbonyl (C=O) groups is 2. The Kier molecular flexibility index (Phi) is 6.08. The molecule has 1 aliphatic rings. The van der Waals surface area contributed by atoms with Crippen molar-refractivity contribution in [3.8, 4) is 11.5 Å². The first-order valence-electron chi connectivity index (χ1n) is 8.76. The minimum Gasteiger partial charge on any atom is -0.493 e. The number of ether oxygens (including phenoxy) is 2. The van der Waals surface area contributed by atoms with E-state index in [1.54, 1.807) is 21.9 Å². The molecule has 0 spiro atoms. The molecule has 0 aliphatic carbocycles. The maximum Gasteiger partial charge on any atom is 0.387 e. The Morgan fingerprint density at radius 2 is 1.43 bits per heavy atom.